The number of carbonyl (C=O) groups is 1. The van der Waals surface area contributed by atoms with Gasteiger partial charge < -0.3 is 5.32 Å². The first-order chi connectivity index (χ1) is 11.8. The molecule has 0 saturated carbocycles. The van der Waals surface area contributed by atoms with Gasteiger partial charge in [0.2, 0.25) is 10.0 Å². The topological polar surface area (TPSA) is 75.3 Å². The summed E-state index contributed by atoms with van der Waals surface area (Å²) in [6.45, 7) is 1.95. The van der Waals surface area contributed by atoms with Crippen molar-refractivity contribution in [1.82, 2.24) is 10.0 Å². The van der Waals surface area contributed by atoms with Gasteiger partial charge in [-0.15, -0.1) is 0 Å². The molecule has 5 nitrogen and oxygen atoms in total. The van der Waals surface area contributed by atoms with Crippen molar-refractivity contribution in [1.29, 1.82) is 0 Å². The minimum atomic E-state index is -3.49. The van der Waals surface area contributed by atoms with E-state index in [0.717, 1.165) is 17.3 Å². The molecule has 0 aliphatic carbocycles. The number of hydrogen-bond donors (Lipinski definition) is 2. The third-order valence-corrected chi connectivity index (χ3v) is 5.81. The van der Waals surface area contributed by atoms with E-state index in [1.54, 1.807) is 0 Å². The standard InChI is InChI=1S/C18H21BrN2O3S/c1-13(3-4-14-5-9-16(19)10-6-14)21-18(22)15-7-11-17(12-8-15)25(23,24)20-2/h5-13,20H,3-4H2,1-2H3,(H,21,22). The lowest BCUT2D eigenvalue weighted by molar-refractivity contribution is 0.0938. The summed E-state index contributed by atoms with van der Waals surface area (Å²) in [6.07, 6.45) is 1.69. The highest BCUT2D eigenvalue weighted by molar-refractivity contribution is 9.10. The number of aryl methyl sites for hydroxylation is 1. The number of benzene rings is 2. The van der Waals surface area contributed by atoms with Crippen molar-refractivity contribution in [2.45, 2.75) is 30.7 Å². The van der Waals surface area contributed by atoms with Gasteiger partial charge in [0.25, 0.3) is 5.91 Å². The van der Waals surface area contributed by atoms with Crippen LogP contribution in [0.1, 0.15) is 29.3 Å². The van der Waals surface area contributed by atoms with Crippen LogP contribution in [0.3, 0.4) is 0 Å². The maximum atomic E-state index is 12.3. The quantitative estimate of drug-likeness (QED) is 0.716. The summed E-state index contributed by atoms with van der Waals surface area (Å²) in [6, 6.07) is 14.0. The fourth-order valence-corrected chi connectivity index (χ4v) is 3.31. The maximum absolute atomic E-state index is 12.3. The SMILES string of the molecule is CNS(=O)(=O)c1ccc(C(=O)NC(C)CCc2ccc(Br)cc2)cc1. The highest BCUT2D eigenvalue weighted by Crippen LogP contribution is 2.13. The Morgan fingerprint density at radius 2 is 1.68 bits per heavy atom. The molecule has 0 heterocycles. The predicted octanol–water partition coefficient (Wildman–Crippen LogP) is 3.11. The zero-order valence-corrected chi connectivity index (χ0v) is 16.5. The average Bonchev–Trinajstić information content (AvgIpc) is 2.61. The zero-order valence-electron chi connectivity index (χ0n) is 14.1. The van der Waals surface area contributed by atoms with E-state index < -0.39 is 10.0 Å². The molecule has 0 aliphatic rings. The van der Waals surface area contributed by atoms with E-state index >= 15 is 0 Å². The van der Waals surface area contributed by atoms with Crippen LogP contribution in [0.4, 0.5) is 0 Å². The molecule has 0 spiro atoms. The van der Waals surface area contributed by atoms with Gasteiger partial charge in [0.05, 0.1) is 4.90 Å². The number of nitrogens with one attached hydrogen (secondary N) is 2. The van der Waals surface area contributed by atoms with Gasteiger partial charge in [-0.2, -0.15) is 0 Å². The summed E-state index contributed by atoms with van der Waals surface area (Å²) in [5.74, 6) is -0.211. The first-order valence-electron chi connectivity index (χ1n) is 7.91. The van der Waals surface area contributed by atoms with Crippen LogP contribution in [0.15, 0.2) is 57.9 Å². The fourth-order valence-electron chi connectivity index (χ4n) is 2.32. The number of hydrogen-bond acceptors (Lipinski definition) is 3. The molecule has 0 aliphatic heterocycles. The van der Waals surface area contributed by atoms with Gasteiger partial charge in [0, 0.05) is 16.1 Å². The van der Waals surface area contributed by atoms with Crippen molar-refractivity contribution in [3.05, 3.63) is 64.1 Å². The fraction of sp³-hybridized carbons (Fsp3) is 0.278. The molecule has 0 radical (unpaired) electrons. The van der Waals surface area contributed by atoms with Crippen molar-refractivity contribution < 1.29 is 13.2 Å². The van der Waals surface area contributed by atoms with Gasteiger partial charge in [0.1, 0.15) is 0 Å². The first-order valence-corrected chi connectivity index (χ1v) is 10.2. The molecule has 1 atom stereocenters. The van der Waals surface area contributed by atoms with Crippen molar-refractivity contribution in [3.63, 3.8) is 0 Å². The Labute approximate surface area is 157 Å². The Hall–Kier alpha value is -1.70. The molecule has 2 aromatic rings. The van der Waals surface area contributed by atoms with E-state index in [1.165, 1.54) is 36.9 Å². The highest BCUT2D eigenvalue weighted by Gasteiger charge is 2.14. The number of carbonyl (C=O) groups excluding carboxylic acids is 1. The summed E-state index contributed by atoms with van der Waals surface area (Å²) in [7, 11) is -2.14. The molecule has 1 unspecified atom stereocenters. The van der Waals surface area contributed by atoms with E-state index in [9.17, 15) is 13.2 Å². The lowest BCUT2D eigenvalue weighted by Gasteiger charge is -2.14. The van der Waals surface area contributed by atoms with Crippen LogP contribution in [-0.4, -0.2) is 27.4 Å². The number of halogens is 1. The average molecular weight is 425 g/mol. The molecule has 0 saturated heterocycles. The molecular formula is C18H21BrN2O3S. The number of amides is 1. The lowest BCUT2D eigenvalue weighted by atomic mass is 10.1. The Bertz CT molecular complexity index is 818. The molecule has 2 aromatic carbocycles. The van der Waals surface area contributed by atoms with Crippen LogP contribution in [0.25, 0.3) is 0 Å². The second-order valence-corrected chi connectivity index (χ2v) is 8.57. The summed E-state index contributed by atoms with van der Waals surface area (Å²) in [5, 5.41) is 2.94. The van der Waals surface area contributed by atoms with Crippen molar-refractivity contribution in [2.24, 2.45) is 0 Å². The van der Waals surface area contributed by atoms with Crippen LogP contribution in [-0.2, 0) is 16.4 Å². The van der Waals surface area contributed by atoms with Gasteiger partial charge >= 0.3 is 0 Å². The van der Waals surface area contributed by atoms with Crippen molar-refractivity contribution in [3.8, 4) is 0 Å². The Kier molecular flexibility index (Phi) is 6.75. The van der Waals surface area contributed by atoms with Gasteiger partial charge in [0.15, 0.2) is 0 Å². The van der Waals surface area contributed by atoms with Crippen LogP contribution in [0, 0.1) is 0 Å². The smallest absolute Gasteiger partial charge is 0.251 e. The van der Waals surface area contributed by atoms with E-state index in [4.69, 9.17) is 0 Å². The Morgan fingerprint density at radius 3 is 2.24 bits per heavy atom. The van der Waals surface area contributed by atoms with Gasteiger partial charge in [-0.1, -0.05) is 28.1 Å². The molecule has 0 aromatic heterocycles. The summed E-state index contributed by atoms with van der Waals surface area (Å²) in [5.41, 5.74) is 1.65. The van der Waals surface area contributed by atoms with Crippen LogP contribution >= 0.6 is 15.9 Å². The third kappa shape index (κ3) is 5.66. The lowest BCUT2D eigenvalue weighted by Crippen LogP contribution is -2.32. The molecule has 134 valence electrons. The molecule has 1 amide bonds. The summed E-state index contributed by atoms with van der Waals surface area (Å²) in [4.78, 5) is 12.4. The Balaban J connectivity index is 1.91. The normalized spacial score (nSPS) is 12.6. The molecule has 2 N–H and O–H groups in total. The largest absolute Gasteiger partial charge is 0.350 e. The van der Waals surface area contributed by atoms with E-state index in [-0.39, 0.29) is 16.8 Å². The van der Waals surface area contributed by atoms with Gasteiger partial charge in [-0.05, 0) is 68.8 Å². The molecular weight excluding hydrogens is 404 g/mol. The number of rotatable bonds is 7. The van der Waals surface area contributed by atoms with E-state index in [2.05, 4.69) is 38.1 Å². The van der Waals surface area contributed by atoms with E-state index in [1.807, 2.05) is 19.1 Å². The molecule has 25 heavy (non-hydrogen) atoms. The molecule has 7 heteroatoms. The van der Waals surface area contributed by atoms with Crippen LogP contribution < -0.4 is 10.0 Å². The van der Waals surface area contributed by atoms with E-state index in [0.29, 0.717) is 5.56 Å². The summed E-state index contributed by atoms with van der Waals surface area (Å²) < 4.78 is 26.7. The third-order valence-electron chi connectivity index (χ3n) is 3.85. The first kappa shape index (κ1) is 19.6. The number of sulfonamides is 1. The minimum Gasteiger partial charge on any atom is -0.350 e. The molecule has 0 bridgehead atoms. The second kappa shape index (κ2) is 8.60. The van der Waals surface area contributed by atoms with Gasteiger partial charge in [-0.25, -0.2) is 13.1 Å². The van der Waals surface area contributed by atoms with Crippen molar-refractivity contribution >= 4 is 31.9 Å². The van der Waals surface area contributed by atoms with Crippen LogP contribution in [0.2, 0.25) is 0 Å². The summed E-state index contributed by atoms with van der Waals surface area (Å²) >= 11 is 3.41. The maximum Gasteiger partial charge on any atom is 0.251 e. The predicted molar refractivity (Wildman–Crippen MR) is 102 cm³/mol. The monoisotopic (exact) mass is 424 g/mol. The second-order valence-electron chi connectivity index (χ2n) is 5.77. The van der Waals surface area contributed by atoms with Gasteiger partial charge in [-0.3, -0.25) is 4.79 Å². The minimum absolute atomic E-state index is 0.0110. The zero-order chi connectivity index (χ0) is 18.4. The van der Waals surface area contributed by atoms with Crippen molar-refractivity contribution in [2.75, 3.05) is 7.05 Å². The molecule has 2 rings (SSSR count). The Morgan fingerprint density at radius 1 is 1.08 bits per heavy atom. The highest BCUT2D eigenvalue weighted by atomic mass is 79.9. The molecule has 0 fully saturated rings. The van der Waals surface area contributed by atoms with Crippen LogP contribution in [0.5, 0.6) is 0 Å².